The molecule has 2 fully saturated rings. The van der Waals surface area contributed by atoms with Gasteiger partial charge in [0.15, 0.2) is 0 Å². The third kappa shape index (κ3) is 4.20. The summed E-state index contributed by atoms with van der Waals surface area (Å²) in [5, 5.41) is 8.25. The minimum Gasteiger partial charge on any atom is -0.465 e. The summed E-state index contributed by atoms with van der Waals surface area (Å²) in [4.78, 5) is 16.5. The van der Waals surface area contributed by atoms with Gasteiger partial charge in [-0.2, -0.15) is 0 Å². The highest BCUT2D eigenvalue weighted by Crippen LogP contribution is 2.46. The lowest BCUT2D eigenvalue weighted by Gasteiger charge is -2.30. The molecular weight excluding hydrogens is 534 g/mol. The van der Waals surface area contributed by atoms with Crippen molar-refractivity contribution in [1.29, 1.82) is 0 Å². The molecule has 214 valence electrons. The van der Waals surface area contributed by atoms with Crippen molar-refractivity contribution in [3.8, 4) is 39.5 Å². The quantitative estimate of drug-likeness (QED) is 0.182. The summed E-state index contributed by atoms with van der Waals surface area (Å²) >= 11 is 0. The normalized spacial score (nSPS) is 21.2. The van der Waals surface area contributed by atoms with Crippen LogP contribution in [0.5, 0.6) is 5.75 Å². The average Bonchev–Trinajstić information content (AvgIpc) is 3.89. The first-order chi connectivity index (χ1) is 21.3. The molecule has 4 N–H and O–H groups in total. The summed E-state index contributed by atoms with van der Waals surface area (Å²) in [6.45, 7) is 2.10. The maximum Gasteiger partial charge on any atom is 0.203 e. The monoisotopic (exact) mass is 567 g/mol. The molecule has 9 rings (SSSR count). The molecule has 3 aliphatic rings. The molecule has 0 amide bonds. The van der Waals surface area contributed by atoms with Crippen LogP contribution in [0.2, 0.25) is 0 Å². The van der Waals surface area contributed by atoms with E-state index in [1.54, 1.807) is 0 Å². The Bertz CT molecular complexity index is 1940. The van der Waals surface area contributed by atoms with Crippen molar-refractivity contribution in [2.45, 2.75) is 44.0 Å². The van der Waals surface area contributed by atoms with Crippen LogP contribution in [0.15, 0.2) is 85.2 Å². The Balaban J connectivity index is 1.13. The third-order valence-corrected chi connectivity index (χ3v) is 9.25. The Morgan fingerprint density at radius 3 is 2.07 bits per heavy atom. The van der Waals surface area contributed by atoms with Crippen molar-refractivity contribution in [3.05, 3.63) is 102 Å². The lowest BCUT2D eigenvalue weighted by molar-refractivity contribution is 0.173. The zero-order chi connectivity index (χ0) is 28.3. The molecule has 8 heteroatoms. The van der Waals surface area contributed by atoms with Crippen LogP contribution in [-0.4, -0.2) is 37.6 Å². The van der Waals surface area contributed by atoms with Crippen LogP contribution in [-0.2, 0) is 0 Å². The van der Waals surface area contributed by atoms with Crippen molar-refractivity contribution in [2.75, 3.05) is 13.1 Å². The Labute approximate surface area is 249 Å². The molecule has 6 heterocycles. The van der Waals surface area contributed by atoms with Crippen LogP contribution < -0.4 is 15.4 Å². The fraction of sp³-hybridized carbons (Fsp3) is 0.257. The first-order valence-corrected chi connectivity index (χ1v) is 15.4. The number of aromatic amines is 2. The maximum absolute atomic E-state index is 6.85. The second-order valence-electron chi connectivity index (χ2n) is 11.9. The van der Waals surface area contributed by atoms with E-state index in [0.717, 1.165) is 88.2 Å². The number of imidazole rings is 2. The van der Waals surface area contributed by atoms with Gasteiger partial charge >= 0.3 is 0 Å². The van der Waals surface area contributed by atoms with E-state index in [1.165, 1.54) is 18.2 Å². The number of fused-ring (bicyclic) bond motifs is 5. The van der Waals surface area contributed by atoms with E-state index < -0.39 is 0 Å². The number of benzene rings is 3. The third-order valence-electron chi connectivity index (χ3n) is 9.25. The molecule has 6 aromatic rings. The molecule has 0 bridgehead atoms. The summed E-state index contributed by atoms with van der Waals surface area (Å²) in [7, 11) is 0. The summed E-state index contributed by atoms with van der Waals surface area (Å²) < 4.78 is 9.18. The predicted octanol–water partition coefficient (Wildman–Crippen LogP) is 6.88. The second-order valence-corrected chi connectivity index (χ2v) is 11.9. The van der Waals surface area contributed by atoms with E-state index in [-0.39, 0.29) is 6.23 Å². The van der Waals surface area contributed by atoms with Crippen LogP contribution in [0, 0.1) is 0 Å². The predicted molar refractivity (Wildman–Crippen MR) is 168 cm³/mol. The zero-order valence-electron chi connectivity index (χ0n) is 23.8. The van der Waals surface area contributed by atoms with E-state index in [4.69, 9.17) is 14.7 Å². The molecule has 2 saturated heterocycles. The fourth-order valence-corrected chi connectivity index (χ4v) is 7.03. The average molecular weight is 568 g/mol. The van der Waals surface area contributed by atoms with Gasteiger partial charge in [-0.15, -0.1) is 0 Å². The van der Waals surface area contributed by atoms with Crippen molar-refractivity contribution >= 4 is 10.9 Å². The van der Waals surface area contributed by atoms with Gasteiger partial charge in [-0.3, -0.25) is 0 Å². The molecule has 43 heavy (non-hydrogen) atoms. The van der Waals surface area contributed by atoms with E-state index in [0.29, 0.717) is 12.1 Å². The van der Waals surface area contributed by atoms with Gasteiger partial charge in [-0.25, -0.2) is 9.97 Å². The zero-order valence-corrected chi connectivity index (χ0v) is 23.8. The van der Waals surface area contributed by atoms with Gasteiger partial charge in [0, 0.05) is 27.6 Å². The van der Waals surface area contributed by atoms with Crippen LogP contribution in [0.25, 0.3) is 44.7 Å². The molecule has 0 aliphatic carbocycles. The second kappa shape index (κ2) is 9.97. The SMILES string of the molecule is c1ccc([C@@H]2Oc3cc(-c4cnc([C@@H]5CCCN5)[nH]4)ccc3-c3cc4cc(-c5cnc([C@@H]6CCCN6)[nH]5)ccc4n32)cc1. The van der Waals surface area contributed by atoms with Crippen LogP contribution in [0.3, 0.4) is 0 Å². The molecule has 0 unspecified atom stereocenters. The smallest absolute Gasteiger partial charge is 0.203 e. The molecular formula is C35H33N7O. The molecule has 3 atom stereocenters. The Hall–Kier alpha value is -4.66. The number of aromatic nitrogens is 5. The molecule has 3 aromatic heterocycles. The number of H-pyrrole nitrogens is 2. The number of rotatable bonds is 5. The first kappa shape index (κ1) is 24.9. The van der Waals surface area contributed by atoms with Crippen LogP contribution in [0.4, 0.5) is 0 Å². The minimum atomic E-state index is -0.283. The van der Waals surface area contributed by atoms with Gasteiger partial charge in [0.05, 0.1) is 47.1 Å². The van der Waals surface area contributed by atoms with Crippen molar-refractivity contribution in [1.82, 2.24) is 35.1 Å². The first-order valence-electron chi connectivity index (χ1n) is 15.4. The molecule has 0 radical (unpaired) electrons. The minimum absolute atomic E-state index is 0.283. The Kier molecular flexibility index (Phi) is 5.77. The Morgan fingerprint density at radius 2 is 1.40 bits per heavy atom. The van der Waals surface area contributed by atoms with Gasteiger partial charge in [0.1, 0.15) is 17.4 Å². The van der Waals surface area contributed by atoms with Gasteiger partial charge in [-0.05, 0) is 69.1 Å². The standard InChI is InChI=1S/C35H33N7O/c1-2-6-21(7-3-1)35-42-30-13-11-22(28-19-38-33(40-28)26-8-4-14-36-26)16-24(30)17-31(42)25-12-10-23(18-32(25)43-35)29-20-39-34(41-29)27-9-5-15-37-27/h1-3,6-7,10-13,16-20,26-27,35-37H,4-5,8-9,14-15H2,(H,38,40)(H,39,41)/t26-,27-,35-/m0/s1. The van der Waals surface area contributed by atoms with Crippen molar-refractivity contribution < 1.29 is 4.74 Å². The largest absolute Gasteiger partial charge is 0.465 e. The lowest BCUT2D eigenvalue weighted by Crippen LogP contribution is -2.22. The number of nitrogens with one attached hydrogen (secondary N) is 4. The van der Waals surface area contributed by atoms with E-state index in [1.807, 2.05) is 18.5 Å². The van der Waals surface area contributed by atoms with Crippen LogP contribution in [0.1, 0.15) is 61.2 Å². The van der Waals surface area contributed by atoms with Gasteiger partial charge in [0.2, 0.25) is 6.23 Å². The topological polar surface area (TPSA) is 95.6 Å². The van der Waals surface area contributed by atoms with Gasteiger partial charge < -0.3 is 29.9 Å². The Morgan fingerprint density at radius 1 is 0.721 bits per heavy atom. The number of nitrogens with zero attached hydrogens (tertiary/aromatic N) is 3. The van der Waals surface area contributed by atoms with E-state index >= 15 is 0 Å². The summed E-state index contributed by atoms with van der Waals surface area (Å²) in [6.07, 6.45) is 8.24. The summed E-state index contributed by atoms with van der Waals surface area (Å²) in [6, 6.07) is 26.6. The number of hydrogen-bond donors (Lipinski definition) is 4. The number of ether oxygens (including phenoxy) is 1. The molecule has 0 saturated carbocycles. The highest BCUT2D eigenvalue weighted by molar-refractivity contribution is 5.92. The van der Waals surface area contributed by atoms with E-state index in [2.05, 4.69) is 91.9 Å². The maximum atomic E-state index is 6.85. The summed E-state index contributed by atoms with van der Waals surface area (Å²) in [5.74, 6) is 2.90. The van der Waals surface area contributed by atoms with E-state index in [9.17, 15) is 0 Å². The highest BCUT2D eigenvalue weighted by atomic mass is 16.5. The number of hydrogen-bond acceptors (Lipinski definition) is 5. The molecule has 0 spiro atoms. The van der Waals surface area contributed by atoms with Crippen molar-refractivity contribution in [3.63, 3.8) is 0 Å². The van der Waals surface area contributed by atoms with Gasteiger partial charge in [0.25, 0.3) is 0 Å². The fourth-order valence-electron chi connectivity index (χ4n) is 7.03. The molecule has 3 aromatic carbocycles. The van der Waals surface area contributed by atoms with Crippen molar-refractivity contribution in [2.24, 2.45) is 0 Å². The van der Waals surface area contributed by atoms with Crippen LogP contribution >= 0.6 is 0 Å². The molecule has 8 nitrogen and oxygen atoms in total. The lowest BCUT2D eigenvalue weighted by atomic mass is 10.0. The van der Waals surface area contributed by atoms with Gasteiger partial charge in [-0.1, -0.05) is 42.5 Å². The molecule has 3 aliphatic heterocycles. The summed E-state index contributed by atoms with van der Waals surface area (Å²) in [5.41, 5.74) is 8.74. The highest BCUT2D eigenvalue weighted by Gasteiger charge is 2.30.